The van der Waals surface area contributed by atoms with E-state index in [0.29, 0.717) is 35.1 Å². The molecule has 3 N–H and O–H groups in total. The number of amides is 2. The first-order valence-electron chi connectivity index (χ1n) is 10.9. The van der Waals surface area contributed by atoms with Gasteiger partial charge in [0.1, 0.15) is 5.75 Å². The van der Waals surface area contributed by atoms with Gasteiger partial charge in [-0.25, -0.2) is 5.48 Å². The number of H-pyrrole nitrogens is 1. The monoisotopic (exact) mass is 438 g/mol. The molecule has 2 aliphatic heterocycles. The van der Waals surface area contributed by atoms with Gasteiger partial charge in [-0.05, 0) is 76.5 Å². The standard InChI is InChI=1S/C24H30N4O4/c1-14-20(12-19-18-6-5-17(31-4)11-21(18)26-23(19)29)25-15(2)22(14)24(30)27-32-13-16-7-9-28(3)10-8-16/h5-6,11-12,16,25H,7-10,13H2,1-4H3,(H,26,29)(H,27,30)/b19-12-. The van der Waals surface area contributed by atoms with Crippen molar-refractivity contribution in [2.75, 3.05) is 39.2 Å². The van der Waals surface area contributed by atoms with Gasteiger partial charge in [-0.15, -0.1) is 0 Å². The summed E-state index contributed by atoms with van der Waals surface area (Å²) in [6.45, 7) is 6.33. The molecule has 0 aliphatic carbocycles. The van der Waals surface area contributed by atoms with Gasteiger partial charge in [-0.3, -0.25) is 14.4 Å². The van der Waals surface area contributed by atoms with E-state index in [4.69, 9.17) is 9.57 Å². The van der Waals surface area contributed by atoms with Gasteiger partial charge in [-0.2, -0.15) is 0 Å². The Hall–Kier alpha value is -3.10. The minimum Gasteiger partial charge on any atom is -0.497 e. The number of benzene rings is 1. The number of piperidine rings is 1. The maximum absolute atomic E-state index is 12.8. The molecule has 1 fully saturated rings. The Labute approximate surface area is 187 Å². The number of fused-ring (bicyclic) bond motifs is 1. The molecule has 1 saturated heterocycles. The van der Waals surface area contributed by atoms with Gasteiger partial charge in [0.2, 0.25) is 0 Å². The molecule has 0 saturated carbocycles. The molecule has 1 aromatic heterocycles. The minimum absolute atomic E-state index is 0.188. The second kappa shape index (κ2) is 9.18. The highest BCUT2D eigenvalue weighted by molar-refractivity contribution is 6.35. The smallest absolute Gasteiger partial charge is 0.276 e. The number of carbonyl (C=O) groups excluding carboxylic acids is 2. The predicted molar refractivity (Wildman–Crippen MR) is 123 cm³/mol. The van der Waals surface area contributed by atoms with Crippen LogP contribution in [0.1, 0.15) is 45.7 Å². The third kappa shape index (κ3) is 4.42. The maximum atomic E-state index is 12.8. The van der Waals surface area contributed by atoms with E-state index in [2.05, 4.69) is 27.7 Å². The number of aromatic nitrogens is 1. The topological polar surface area (TPSA) is 95.7 Å². The van der Waals surface area contributed by atoms with Crippen molar-refractivity contribution in [3.63, 3.8) is 0 Å². The fraction of sp³-hybridized carbons (Fsp3) is 0.417. The van der Waals surface area contributed by atoms with Gasteiger partial charge in [0.05, 0.1) is 30.5 Å². The largest absolute Gasteiger partial charge is 0.497 e. The van der Waals surface area contributed by atoms with Crippen LogP contribution in [0.25, 0.3) is 11.6 Å². The molecule has 0 radical (unpaired) electrons. The van der Waals surface area contributed by atoms with Crippen LogP contribution in [0.5, 0.6) is 5.75 Å². The van der Waals surface area contributed by atoms with Crippen LogP contribution < -0.4 is 15.5 Å². The molecule has 1 aromatic carbocycles. The molecule has 2 amide bonds. The number of hydrogen-bond donors (Lipinski definition) is 3. The Morgan fingerprint density at radius 2 is 2.03 bits per heavy atom. The fourth-order valence-electron chi connectivity index (χ4n) is 4.35. The maximum Gasteiger partial charge on any atom is 0.276 e. The Bertz CT molecular complexity index is 1060. The number of nitrogens with one attached hydrogen (secondary N) is 3. The fourth-order valence-corrected chi connectivity index (χ4v) is 4.35. The van der Waals surface area contributed by atoms with E-state index in [1.165, 1.54) is 0 Å². The SMILES string of the molecule is COc1ccc2c(c1)NC(=O)/C2=C\c1[nH]c(C)c(C(=O)NOCC2CCN(C)CC2)c1C. The first-order valence-corrected chi connectivity index (χ1v) is 10.9. The number of rotatable bonds is 6. The molecule has 0 bridgehead atoms. The molecule has 0 atom stereocenters. The Morgan fingerprint density at radius 3 is 2.75 bits per heavy atom. The summed E-state index contributed by atoms with van der Waals surface area (Å²) in [5.74, 6) is 0.665. The zero-order valence-electron chi connectivity index (χ0n) is 19.0. The summed E-state index contributed by atoms with van der Waals surface area (Å²) in [6.07, 6.45) is 3.93. The molecule has 8 nitrogen and oxygen atoms in total. The summed E-state index contributed by atoms with van der Waals surface area (Å²) in [7, 11) is 3.71. The van der Waals surface area contributed by atoms with Crippen LogP contribution in [0.3, 0.4) is 0 Å². The number of likely N-dealkylation sites (tertiary alicyclic amines) is 1. The zero-order chi connectivity index (χ0) is 22.8. The number of nitrogens with zero attached hydrogens (tertiary/aromatic N) is 1. The lowest BCUT2D eigenvalue weighted by molar-refractivity contribution is -0.110. The molecule has 0 unspecified atom stereocenters. The van der Waals surface area contributed by atoms with Gasteiger partial charge in [-0.1, -0.05) is 0 Å². The number of carbonyl (C=O) groups is 2. The van der Waals surface area contributed by atoms with Gasteiger partial charge in [0.25, 0.3) is 11.8 Å². The molecular formula is C24H30N4O4. The number of aryl methyl sites for hydroxylation is 1. The first-order chi connectivity index (χ1) is 15.4. The molecule has 170 valence electrons. The molecular weight excluding hydrogens is 408 g/mol. The number of anilines is 1. The summed E-state index contributed by atoms with van der Waals surface area (Å²) in [4.78, 5) is 36.4. The van der Waals surface area contributed by atoms with Gasteiger partial charge in [0.15, 0.2) is 0 Å². The number of hydrogen-bond acceptors (Lipinski definition) is 5. The Kier molecular flexibility index (Phi) is 6.34. The van der Waals surface area contributed by atoms with Crippen LogP contribution in [0, 0.1) is 19.8 Å². The second-order valence-electron chi connectivity index (χ2n) is 8.58. The molecule has 2 aliphatic rings. The second-order valence-corrected chi connectivity index (χ2v) is 8.58. The van der Waals surface area contributed by atoms with Crippen molar-refractivity contribution in [2.24, 2.45) is 5.92 Å². The Morgan fingerprint density at radius 1 is 1.28 bits per heavy atom. The van der Waals surface area contributed by atoms with E-state index < -0.39 is 0 Å². The van der Waals surface area contributed by atoms with Crippen LogP contribution in [-0.2, 0) is 9.63 Å². The average molecular weight is 439 g/mol. The third-order valence-electron chi connectivity index (χ3n) is 6.32. The average Bonchev–Trinajstić information content (AvgIpc) is 3.23. The molecule has 32 heavy (non-hydrogen) atoms. The quantitative estimate of drug-likeness (QED) is 0.476. The summed E-state index contributed by atoms with van der Waals surface area (Å²) < 4.78 is 5.23. The Balaban J connectivity index is 1.47. The van der Waals surface area contributed by atoms with Crippen LogP contribution in [0.15, 0.2) is 18.2 Å². The first kappa shape index (κ1) is 22.1. The third-order valence-corrected chi connectivity index (χ3v) is 6.32. The molecule has 3 heterocycles. The summed E-state index contributed by atoms with van der Waals surface area (Å²) >= 11 is 0. The predicted octanol–water partition coefficient (Wildman–Crippen LogP) is 3.14. The van der Waals surface area contributed by atoms with Crippen LogP contribution in [0.4, 0.5) is 5.69 Å². The van der Waals surface area contributed by atoms with Crippen LogP contribution in [-0.4, -0.2) is 55.6 Å². The summed E-state index contributed by atoms with van der Waals surface area (Å²) in [5.41, 5.74) is 7.40. The van der Waals surface area contributed by atoms with Crippen molar-refractivity contribution in [2.45, 2.75) is 26.7 Å². The highest BCUT2D eigenvalue weighted by Gasteiger charge is 2.26. The van der Waals surface area contributed by atoms with E-state index in [0.717, 1.165) is 48.4 Å². The van der Waals surface area contributed by atoms with Crippen molar-refractivity contribution in [3.05, 3.63) is 46.3 Å². The highest BCUT2D eigenvalue weighted by Crippen LogP contribution is 2.36. The van der Waals surface area contributed by atoms with Crippen molar-refractivity contribution >= 4 is 29.2 Å². The molecule has 0 spiro atoms. The summed E-state index contributed by atoms with van der Waals surface area (Å²) in [5, 5.41) is 2.86. The van der Waals surface area contributed by atoms with Crippen molar-refractivity contribution in [3.8, 4) is 5.75 Å². The lowest BCUT2D eigenvalue weighted by atomic mass is 9.98. The number of hydroxylamine groups is 1. The number of ether oxygens (including phenoxy) is 1. The van der Waals surface area contributed by atoms with Crippen LogP contribution in [0.2, 0.25) is 0 Å². The lowest BCUT2D eigenvalue weighted by Crippen LogP contribution is -2.34. The van der Waals surface area contributed by atoms with Crippen molar-refractivity contribution in [1.82, 2.24) is 15.4 Å². The van der Waals surface area contributed by atoms with E-state index in [1.54, 1.807) is 19.3 Å². The summed E-state index contributed by atoms with van der Waals surface area (Å²) in [6, 6.07) is 5.47. The highest BCUT2D eigenvalue weighted by atomic mass is 16.7. The van der Waals surface area contributed by atoms with E-state index in [1.807, 2.05) is 26.0 Å². The lowest BCUT2D eigenvalue weighted by Gasteiger charge is -2.28. The number of aromatic amines is 1. The normalized spacial score (nSPS) is 18.0. The van der Waals surface area contributed by atoms with E-state index in [9.17, 15) is 9.59 Å². The van der Waals surface area contributed by atoms with Crippen LogP contribution >= 0.6 is 0 Å². The van der Waals surface area contributed by atoms with E-state index >= 15 is 0 Å². The molecule has 4 rings (SSSR count). The molecule has 8 heteroatoms. The molecule has 2 aromatic rings. The van der Waals surface area contributed by atoms with E-state index in [-0.39, 0.29) is 11.8 Å². The zero-order valence-corrected chi connectivity index (χ0v) is 19.0. The minimum atomic E-state index is -0.283. The van der Waals surface area contributed by atoms with Crippen molar-refractivity contribution in [1.29, 1.82) is 0 Å². The van der Waals surface area contributed by atoms with Gasteiger partial charge in [0, 0.05) is 23.0 Å². The van der Waals surface area contributed by atoms with Gasteiger partial charge >= 0.3 is 0 Å². The van der Waals surface area contributed by atoms with Crippen molar-refractivity contribution < 1.29 is 19.2 Å². The van der Waals surface area contributed by atoms with Gasteiger partial charge < -0.3 is 19.9 Å². The number of methoxy groups -OCH3 is 1.